The molecule has 0 radical (unpaired) electrons. The number of aromatic nitrogens is 3. The van der Waals surface area contributed by atoms with Crippen molar-refractivity contribution in [3.05, 3.63) is 40.9 Å². The highest BCUT2D eigenvalue weighted by Crippen LogP contribution is 2.40. The Morgan fingerprint density at radius 1 is 1.26 bits per heavy atom. The molecule has 2 aromatic rings. The summed E-state index contributed by atoms with van der Waals surface area (Å²) in [5.41, 5.74) is 1.02. The largest absolute Gasteiger partial charge is 0.346 e. The van der Waals surface area contributed by atoms with Crippen LogP contribution in [0.25, 0.3) is 0 Å². The van der Waals surface area contributed by atoms with Crippen LogP contribution >= 0.6 is 11.3 Å². The van der Waals surface area contributed by atoms with E-state index in [0.29, 0.717) is 23.5 Å². The summed E-state index contributed by atoms with van der Waals surface area (Å²) >= 11 is 1.27. The van der Waals surface area contributed by atoms with Gasteiger partial charge in [-0.05, 0) is 12.8 Å². The molecule has 0 bridgehead atoms. The molecule has 23 heavy (non-hydrogen) atoms. The second kappa shape index (κ2) is 6.04. The number of nitrogens with zero attached hydrogens (tertiary/aromatic N) is 5. The second-order valence-corrected chi connectivity index (χ2v) is 6.46. The highest BCUT2D eigenvalue weighted by atomic mass is 32.1. The lowest BCUT2D eigenvalue weighted by atomic mass is 9.90. The van der Waals surface area contributed by atoms with E-state index in [1.165, 1.54) is 22.4 Å². The number of likely N-dealkylation sites (N-methyl/N-ethyl adjacent to an activating group) is 1. The highest BCUT2D eigenvalue weighted by Gasteiger charge is 2.53. The van der Waals surface area contributed by atoms with Crippen LogP contribution in [0, 0.1) is 0 Å². The molecule has 0 unspecified atom stereocenters. The third-order valence-corrected chi connectivity index (χ3v) is 4.78. The molecule has 1 saturated heterocycles. The first-order valence-electron chi connectivity index (χ1n) is 7.26. The van der Waals surface area contributed by atoms with Crippen molar-refractivity contribution in [3.63, 3.8) is 0 Å². The summed E-state index contributed by atoms with van der Waals surface area (Å²) < 4.78 is 0. The van der Waals surface area contributed by atoms with Gasteiger partial charge < -0.3 is 9.80 Å². The van der Waals surface area contributed by atoms with Crippen molar-refractivity contribution in [2.45, 2.75) is 18.4 Å². The number of carbonyl (C=O) groups is 2. The Hall–Kier alpha value is -2.35. The van der Waals surface area contributed by atoms with Crippen LogP contribution < -0.4 is 0 Å². The van der Waals surface area contributed by atoms with Gasteiger partial charge in [0.2, 0.25) is 0 Å². The summed E-state index contributed by atoms with van der Waals surface area (Å²) in [4.78, 5) is 41.9. The van der Waals surface area contributed by atoms with E-state index in [1.54, 1.807) is 43.1 Å². The van der Waals surface area contributed by atoms with Crippen LogP contribution in [0.5, 0.6) is 0 Å². The van der Waals surface area contributed by atoms with E-state index in [9.17, 15) is 9.59 Å². The monoisotopic (exact) mass is 331 g/mol. The molecule has 1 aliphatic heterocycles. The van der Waals surface area contributed by atoms with Gasteiger partial charge in [-0.25, -0.2) is 0 Å². The molecule has 3 heterocycles. The smallest absolute Gasteiger partial charge is 0.266 e. The Morgan fingerprint density at radius 2 is 2.09 bits per heavy atom. The fraction of sp³-hybridized carbons (Fsp3) is 0.400. The molecule has 8 heteroatoms. The first kappa shape index (κ1) is 15.5. The lowest BCUT2D eigenvalue weighted by Gasteiger charge is -2.37. The first-order valence-corrected chi connectivity index (χ1v) is 8.14. The summed E-state index contributed by atoms with van der Waals surface area (Å²) in [7, 11) is 3.38. The van der Waals surface area contributed by atoms with Crippen LogP contribution in [0.2, 0.25) is 0 Å². The van der Waals surface area contributed by atoms with Crippen molar-refractivity contribution in [3.8, 4) is 0 Å². The summed E-state index contributed by atoms with van der Waals surface area (Å²) in [6.07, 6.45) is 7.48. The Balaban J connectivity index is 2.11. The summed E-state index contributed by atoms with van der Waals surface area (Å²) in [6, 6.07) is 0. The fourth-order valence-electron chi connectivity index (χ4n) is 3.03. The number of amides is 2. The molecular formula is C15H17N5O2S. The zero-order valence-electron chi connectivity index (χ0n) is 13.0. The first-order chi connectivity index (χ1) is 11.1. The number of carbonyl (C=O) groups excluding carboxylic acids is 2. The summed E-state index contributed by atoms with van der Waals surface area (Å²) in [5, 5.41) is 0. The van der Waals surface area contributed by atoms with Crippen LogP contribution in [0.4, 0.5) is 0 Å². The third-order valence-electron chi connectivity index (χ3n) is 4.02. The number of hydrogen-bond acceptors (Lipinski definition) is 6. The predicted octanol–water partition coefficient (Wildman–Crippen LogP) is 1.15. The summed E-state index contributed by atoms with van der Waals surface area (Å²) in [5.74, 6) is -0.348. The summed E-state index contributed by atoms with van der Waals surface area (Å²) in [6.45, 7) is 0.507. The van der Waals surface area contributed by atoms with Gasteiger partial charge in [0.25, 0.3) is 11.8 Å². The molecular weight excluding hydrogens is 314 g/mol. The van der Waals surface area contributed by atoms with E-state index in [0.717, 1.165) is 6.42 Å². The molecule has 0 spiro atoms. The molecule has 120 valence electrons. The van der Waals surface area contributed by atoms with Crippen LogP contribution in [-0.4, -0.2) is 57.2 Å². The maximum atomic E-state index is 13.0. The normalized spacial score (nSPS) is 20.5. The van der Waals surface area contributed by atoms with Crippen molar-refractivity contribution in [2.75, 3.05) is 20.6 Å². The molecule has 0 saturated carbocycles. The van der Waals surface area contributed by atoms with E-state index in [4.69, 9.17) is 0 Å². The average Bonchev–Trinajstić information content (AvgIpc) is 3.24. The predicted molar refractivity (Wildman–Crippen MR) is 84.8 cm³/mol. The van der Waals surface area contributed by atoms with Crippen LogP contribution in [0.3, 0.4) is 0 Å². The maximum absolute atomic E-state index is 13.0. The Morgan fingerprint density at radius 3 is 2.70 bits per heavy atom. The van der Waals surface area contributed by atoms with E-state index in [-0.39, 0.29) is 11.8 Å². The van der Waals surface area contributed by atoms with Gasteiger partial charge in [-0.2, -0.15) is 0 Å². The topological polar surface area (TPSA) is 79.3 Å². The SMILES string of the molecule is CN(C)C(=O)[C@@]1(c2cnccn2)CCCN1C(=O)c1cncs1. The third kappa shape index (κ3) is 2.48. The van der Waals surface area contributed by atoms with Crippen molar-refractivity contribution in [1.29, 1.82) is 0 Å². The van der Waals surface area contributed by atoms with Gasteiger partial charge in [0.1, 0.15) is 4.88 Å². The van der Waals surface area contributed by atoms with Gasteiger partial charge in [0.05, 0.1) is 23.6 Å². The Bertz CT molecular complexity index is 704. The quantitative estimate of drug-likeness (QED) is 0.843. The molecule has 1 atom stereocenters. The highest BCUT2D eigenvalue weighted by molar-refractivity contribution is 7.11. The lowest BCUT2D eigenvalue weighted by Crippen LogP contribution is -2.55. The maximum Gasteiger partial charge on any atom is 0.266 e. The van der Waals surface area contributed by atoms with Crippen molar-refractivity contribution in [2.24, 2.45) is 0 Å². The average molecular weight is 331 g/mol. The zero-order chi connectivity index (χ0) is 16.4. The van der Waals surface area contributed by atoms with Crippen molar-refractivity contribution in [1.82, 2.24) is 24.8 Å². The Labute approximate surface area is 138 Å². The molecule has 0 aromatic carbocycles. The Kier molecular flexibility index (Phi) is 4.08. The molecule has 1 aliphatic rings. The van der Waals surface area contributed by atoms with Crippen molar-refractivity contribution >= 4 is 23.2 Å². The minimum Gasteiger partial charge on any atom is -0.346 e. The van der Waals surface area contributed by atoms with E-state index < -0.39 is 5.54 Å². The van der Waals surface area contributed by atoms with E-state index in [2.05, 4.69) is 15.0 Å². The number of thiazole rings is 1. The van der Waals surface area contributed by atoms with Gasteiger partial charge in [0.15, 0.2) is 5.54 Å². The van der Waals surface area contributed by atoms with Gasteiger partial charge in [0, 0.05) is 33.0 Å². The minimum absolute atomic E-state index is 0.159. The molecule has 7 nitrogen and oxygen atoms in total. The number of likely N-dealkylation sites (tertiary alicyclic amines) is 1. The lowest BCUT2D eigenvalue weighted by molar-refractivity contribution is -0.140. The van der Waals surface area contributed by atoms with E-state index in [1.807, 2.05) is 0 Å². The molecule has 3 rings (SSSR count). The second-order valence-electron chi connectivity index (χ2n) is 5.58. The standard InChI is InChI=1S/C15H17N5O2S/c1-19(2)14(22)15(12-9-16-5-6-18-12)4-3-7-20(15)13(21)11-8-17-10-23-11/h5-6,8-10H,3-4,7H2,1-2H3/t15-/m0/s1. The van der Waals surface area contributed by atoms with Crippen LogP contribution in [-0.2, 0) is 10.3 Å². The van der Waals surface area contributed by atoms with Gasteiger partial charge in [-0.1, -0.05) is 0 Å². The van der Waals surface area contributed by atoms with Gasteiger partial charge in [-0.3, -0.25) is 24.5 Å². The molecule has 2 aromatic heterocycles. The van der Waals surface area contributed by atoms with Crippen molar-refractivity contribution < 1.29 is 9.59 Å². The molecule has 0 aliphatic carbocycles. The number of hydrogen-bond donors (Lipinski definition) is 0. The van der Waals surface area contributed by atoms with Gasteiger partial charge >= 0.3 is 0 Å². The molecule has 2 amide bonds. The van der Waals surface area contributed by atoms with Crippen LogP contribution in [0.1, 0.15) is 28.2 Å². The fourth-order valence-corrected chi connectivity index (χ4v) is 3.60. The van der Waals surface area contributed by atoms with Crippen LogP contribution in [0.15, 0.2) is 30.3 Å². The minimum atomic E-state index is -1.10. The molecule has 1 fully saturated rings. The van der Waals surface area contributed by atoms with Gasteiger partial charge in [-0.15, -0.1) is 11.3 Å². The van der Waals surface area contributed by atoms with E-state index >= 15 is 0 Å². The zero-order valence-corrected chi connectivity index (χ0v) is 13.8. The molecule has 0 N–H and O–H groups in total. The number of rotatable bonds is 3.